The predicted molar refractivity (Wildman–Crippen MR) is 115 cm³/mol. The maximum absolute atomic E-state index is 13.5. The summed E-state index contributed by atoms with van der Waals surface area (Å²) in [7, 11) is 0. The Kier molecular flexibility index (Phi) is 4.21. The number of para-hydroxylation sites is 3. The summed E-state index contributed by atoms with van der Waals surface area (Å²) >= 11 is 0. The first-order valence-electron chi connectivity index (χ1n) is 9.74. The Bertz CT molecular complexity index is 1200. The topological polar surface area (TPSA) is 58.1 Å². The molecule has 5 nitrogen and oxygen atoms in total. The van der Waals surface area contributed by atoms with Crippen LogP contribution in [0.4, 0.5) is 11.4 Å². The Morgan fingerprint density at radius 1 is 0.931 bits per heavy atom. The molecule has 0 radical (unpaired) electrons. The second-order valence-corrected chi connectivity index (χ2v) is 7.07. The molecule has 1 aromatic heterocycles. The Labute approximate surface area is 169 Å². The molecule has 142 valence electrons. The van der Waals surface area contributed by atoms with E-state index < -0.39 is 6.17 Å². The van der Waals surface area contributed by atoms with Gasteiger partial charge in [-0.3, -0.25) is 14.7 Å². The lowest BCUT2D eigenvalue weighted by Gasteiger charge is -2.37. The van der Waals surface area contributed by atoms with Crippen molar-refractivity contribution in [3.05, 3.63) is 95.8 Å². The van der Waals surface area contributed by atoms with Gasteiger partial charge in [-0.25, -0.2) is 4.98 Å². The van der Waals surface area contributed by atoms with Gasteiger partial charge in [0.05, 0.1) is 22.8 Å². The number of nitrogens with zero attached hydrogens (tertiary/aromatic N) is 3. The third-order valence-corrected chi connectivity index (χ3v) is 5.30. The van der Waals surface area contributed by atoms with Crippen molar-refractivity contribution in [2.75, 3.05) is 10.2 Å². The summed E-state index contributed by atoms with van der Waals surface area (Å²) < 4.78 is 0. The van der Waals surface area contributed by atoms with E-state index in [9.17, 15) is 4.79 Å². The molecule has 0 fully saturated rings. The number of amides is 1. The molecule has 1 aliphatic rings. The molecule has 2 heterocycles. The summed E-state index contributed by atoms with van der Waals surface area (Å²) in [6, 6.07) is 23.4. The van der Waals surface area contributed by atoms with Gasteiger partial charge in [0, 0.05) is 11.4 Å². The highest BCUT2D eigenvalue weighted by Gasteiger charge is 2.35. The predicted octanol–water partition coefficient (Wildman–Crippen LogP) is 4.96. The van der Waals surface area contributed by atoms with Gasteiger partial charge < -0.3 is 5.32 Å². The first kappa shape index (κ1) is 17.4. The molecule has 1 amide bonds. The molecule has 0 saturated heterocycles. The van der Waals surface area contributed by atoms with Gasteiger partial charge in [0.15, 0.2) is 6.17 Å². The van der Waals surface area contributed by atoms with Crippen LogP contribution in [0.5, 0.6) is 0 Å². The lowest BCUT2D eigenvalue weighted by atomic mass is 10.0. The van der Waals surface area contributed by atoms with Crippen LogP contribution in [0.3, 0.4) is 0 Å². The minimum atomic E-state index is -0.443. The van der Waals surface area contributed by atoms with Crippen LogP contribution in [0.1, 0.15) is 34.7 Å². The number of carbonyl (C=O) groups excluding carboxylic acids is 1. The van der Waals surface area contributed by atoms with Crippen LogP contribution in [-0.2, 0) is 6.42 Å². The maximum Gasteiger partial charge on any atom is 0.262 e. The monoisotopic (exact) mass is 380 g/mol. The number of rotatable bonds is 3. The molecule has 0 bridgehead atoms. The van der Waals surface area contributed by atoms with Gasteiger partial charge in [-0.2, -0.15) is 0 Å². The van der Waals surface area contributed by atoms with E-state index >= 15 is 0 Å². The second kappa shape index (κ2) is 7.02. The van der Waals surface area contributed by atoms with Gasteiger partial charge in [-0.1, -0.05) is 43.3 Å². The molecule has 5 heteroatoms. The molecule has 1 atom stereocenters. The number of hydrogen-bond donors (Lipinski definition) is 1. The summed E-state index contributed by atoms with van der Waals surface area (Å²) in [4.78, 5) is 24.6. The van der Waals surface area contributed by atoms with Crippen LogP contribution in [0.25, 0.3) is 11.0 Å². The minimum absolute atomic E-state index is 0.0523. The number of aromatic nitrogens is 2. The quantitative estimate of drug-likeness (QED) is 0.546. The molecule has 1 aliphatic heterocycles. The van der Waals surface area contributed by atoms with E-state index in [4.69, 9.17) is 4.98 Å². The fourth-order valence-electron chi connectivity index (χ4n) is 3.72. The molecular weight excluding hydrogens is 360 g/mol. The number of carbonyl (C=O) groups is 1. The van der Waals surface area contributed by atoms with Gasteiger partial charge in [0.25, 0.3) is 5.91 Å². The molecule has 1 N–H and O–H groups in total. The molecule has 29 heavy (non-hydrogen) atoms. The largest absolute Gasteiger partial charge is 0.359 e. The van der Waals surface area contributed by atoms with Crippen LogP contribution in [0.2, 0.25) is 0 Å². The third kappa shape index (κ3) is 3.01. The van der Waals surface area contributed by atoms with E-state index in [0.717, 1.165) is 28.8 Å². The Morgan fingerprint density at radius 2 is 1.66 bits per heavy atom. The second-order valence-electron chi connectivity index (χ2n) is 7.07. The first-order chi connectivity index (χ1) is 14.2. The lowest BCUT2D eigenvalue weighted by Crippen LogP contribution is -2.43. The van der Waals surface area contributed by atoms with Gasteiger partial charge in [0.2, 0.25) is 0 Å². The SMILES string of the molecule is CCc1ccc(N2C(=O)c3ccccc3N[C@H]2c2cnc3ccccc3n2)cc1. The first-order valence-corrected chi connectivity index (χ1v) is 9.74. The van der Waals surface area contributed by atoms with E-state index in [0.29, 0.717) is 11.3 Å². The highest BCUT2D eigenvalue weighted by Crippen LogP contribution is 2.36. The van der Waals surface area contributed by atoms with Crippen molar-refractivity contribution in [1.29, 1.82) is 0 Å². The smallest absolute Gasteiger partial charge is 0.262 e. The summed E-state index contributed by atoms with van der Waals surface area (Å²) in [6.45, 7) is 2.12. The van der Waals surface area contributed by atoms with Crippen LogP contribution < -0.4 is 10.2 Å². The van der Waals surface area contributed by atoms with Crippen LogP contribution in [-0.4, -0.2) is 15.9 Å². The minimum Gasteiger partial charge on any atom is -0.359 e. The zero-order valence-electron chi connectivity index (χ0n) is 16.0. The van der Waals surface area contributed by atoms with Gasteiger partial charge in [-0.05, 0) is 48.4 Å². The fourth-order valence-corrected chi connectivity index (χ4v) is 3.72. The maximum atomic E-state index is 13.5. The van der Waals surface area contributed by atoms with E-state index in [1.165, 1.54) is 5.56 Å². The van der Waals surface area contributed by atoms with Crippen molar-refractivity contribution in [2.24, 2.45) is 0 Å². The summed E-state index contributed by atoms with van der Waals surface area (Å²) in [6.07, 6.45) is 2.26. The average Bonchev–Trinajstić information content (AvgIpc) is 2.79. The Morgan fingerprint density at radius 3 is 2.45 bits per heavy atom. The molecule has 0 unspecified atom stereocenters. The molecule has 0 saturated carbocycles. The van der Waals surface area contributed by atoms with Crippen LogP contribution in [0, 0.1) is 0 Å². The van der Waals surface area contributed by atoms with E-state index in [-0.39, 0.29) is 5.91 Å². The van der Waals surface area contributed by atoms with Crippen molar-refractivity contribution in [3.8, 4) is 0 Å². The van der Waals surface area contributed by atoms with Crippen molar-refractivity contribution in [3.63, 3.8) is 0 Å². The zero-order chi connectivity index (χ0) is 19.8. The van der Waals surface area contributed by atoms with Gasteiger partial charge >= 0.3 is 0 Å². The summed E-state index contributed by atoms with van der Waals surface area (Å²) in [5, 5.41) is 3.49. The van der Waals surface area contributed by atoms with Crippen molar-refractivity contribution in [1.82, 2.24) is 9.97 Å². The number of nitrogens with one attached hydrogen (secondary N) is 1. The number of anilines is 2. The molecule has 0 aliphatic carbocycles. The Balaban J connectivity index is 1.65. The standard InChI is InChI=1S/C24H20N4O/c1-2-16-11-13-17(14-12-16)28-23(27-19-8-4-3-7-18(19)24(28)29)22-15-25-20-9-5-6-10-21(20)26-22/h3-15,23,27H,2H2,1H3/t23-/m1/s1. The van der Waals surface area contributed by atoms with E-state index in [1.807, 2.05) is 60.7 Å². The fraction of sp³-hybridized carbons (Fsp3) is 0.125. The molecular formula is C24H20N4O. The van der Waals surface area contributed by atoms with Crippen molar-refractivity contribution >= 4 is 28.3 Å². The average molecular weight is 380 g/mol. The zero-order valence-corrected chi connectivity index (χ0v) is 16.0. The number of fused-ring (bicyclic) bond motifs is 2. The summed E-state index contributed by atoms with van der Waals surface area (Å²) in [5.74, 6) is -0.0523. The lowest BCUT2D eigenvalue weighted by molar-refractivity contribution is 0.0974. The van der Waals surface area contributed by atoms with Crippen LogP contribution in [0.15, 0.2) is 79.0 Å². The number of aryl methyl sites for hydroxylation is 1. The van der Waals surface area contributed by atoms with Crippen molar-refractivity contribution in [2.45, 2.75) is 19.5 Å². The van der Waals surface area contributed by atoms with E-state index in [1.54, 1.807) is 11.1 Å². The number of hydrogen-bond acceptors (Lipinski definition) is 4. The normalized spacial score (nSPS) is 15.8. The van der Waals surface area contributed by atoms with Gasteiger partial charge in [0.1, 0.15) is 5.69 Å². The molecule has 4 aromatic rings. The highest BCUT2D eigenvalue weighted by atomic mass is 16.2. The number of benzene rings is 3. The van der Waals surface area contributed by atoms with Crippen LogP contribution >= 0.6 is 0 Å². The summed E-state index contributed by atoms with van der Waals surface area (Å²) in [5.41, 5.74) is 5.85. The highest BCUT2D eigenvalue weighted by molar-refractivity contribution is 6.12. The van der Waals surface area contributed by atoms with E-state index in [2.05, 4.69) is 29.4 Å². The Hall–Kier alpha value is -3.73. The molecule has 3 aromatic carbocycles. The van der Waals surface area contributed by atoms with Crippen molar-refractivity contribution < 1.29 is 4.79 Å². The molecule has 5 rings (SSSR count). The molecule has 0 spiro atoms. The third-order valence-electron chi connectivity index (χ3n) is 5.30. The van der Waals surface area contributed by atoms with Gasteiger partial charge in [-0.15, -0.1) is 0 Å².